The molecular weight excluding hydrogens is 502 g/mol. The molecule has 0 saturated carbocycles. The third-order valence-electron chi connectivity index (χ3n) is 6.13. The molecule has 0 aromatic heterocycles. The number of nitrogens with one attached hydrogen (secondary N) is 2. The van der Waals surface area contributed by atoms with E-state index in [9.17, 15) is 19.7 Å². The summed E-state index contributed by atoms with van der Waals surface area (Å²) >= 11 is 0. The third kappa shape index (κ3) is 7.32. The molecule has 3 aromatic rings. The summed E-state index contributed by atoms with van der Waals surface area (Å²) in [5.41, 5.74) is 3.89. The van der Waals surface area contributed by atoms with Crippen molar-refractivity contribution in [3.8, 4) is 16.9 Å². The standard InChI is InChI=1S/C29H31N3O7/c1-29(2,3)38-17-19(16-30-27(33)39-21-14-12-20(13-15-21)32(35)36)31-28(34)37-18-26-24-10-6-4-8-22(24)23-9-5-7-11-25(23)26/h4-15,19,26H,16-18H2,1-3H3,(H,30,33)(H,31,34)/t19-/m1/s1. The Kier molecular flexibility index (Phi) is 8.46. The molecule has 39 heavy (non-hydrogen) atoms. The molecule has 0 radical (unpaired) electrons. The van der Waals surface area contributed by atoms with Crippen LogP contribution in [0, 0.1) is 10.1 Å². The highest BCUT2D eigenvalue weighted by Gasteiger charge is 2.29. The molecular formula is C29H31N3O7. The van der Waals surface area contributed by atoms with Gasteiger partial charge in [-0.25, -0.2) is 9.59 Å². The lowest BCUT2D eigenvalue weighted by atomic mass is 9.98. The molecule has 0 heterocycles. The van der Waals surface area contributed by atoms with Crippen LogP contribution in [0.4, 0.5) is 15.3 Å². The summed E-state index contributed by atoms with van der Waals surface area (Å²) in [6, 6.07) is 20.7. The fraction of sp³-hybridized carbons (Fsp3) is 0.310. The summed E-state index contributed by atoms with van der Waals surface area (Å²) in [5, 5.41) is 16.1. The van der Waals surface area contributed by atoms with Crippen LogP contribution in [0.2, 0.25) is 0 Å². The number of fused-ring (bicyclic) bond motifs is 3. The number of amides is 2. The van der Waals surface area contributed by atoms with Crippen LogP contribution in [-0.4, -0.2) is 48.5 Å². The number of hydrogen-bond acceptors (Lipinski definition) is 7. The summed E-state index contributed by atoms with van der Waals surface area (Å²) in [6.45, 7) is 5.93. The van der Waals surface area contributed by atoms with E-state index >= 15 is 0 Å². The Balaban J connectivity index is 1.34. The molecule has 0 fully saturated rings. The first-order valence-electron chi connectivity index (χ1n) is 12.6. The fourth-order valence-electron chi connectivity index (χ4n) is 4.29. The maximum absolute atomic E-state index is 12.8. The average molecular weight is 534 g/mol. The molecule has 0 spiro atoms. The van der Waals surface area contributed by atoms with Crippen molar-refractivity contribution < 1.29 is 28.7 Å². The summed E-state index contributed by atoms with van der Waals surface area (Å²) in [5.74, 6) is 0.0623. The molecule has 0 bridgehead atoms. The van der Waals surface area contributed by atoms with E-state index in [2.05, 4.69) is 22.8 Å². The Labute approximate surface area is 226 Å². The molecule has 1 atom stereocenters. The number of ether oxygens (including phenoxy) is 3. The van der Waals surface area contributed by atoms with Crippen molar-refractivity contribution in [3.05, 3.63) is 94.0 Å². The van der Waals surface area contributed by atoms with Crippen LogP contribution < -0.4 is 15.4 Å². The smallest absolute Gasteiger partial charge is 0.412 e. The van der Waals surface area contributed by atoms with Gasteiger partial charge in [0.2, 0.25) is 0 Å². The van der Waals surface area contributed by atoms with E-state index in [1.165, 1.54) is 24.3 Å². The van der Waals surface area contributed by atoms with E-state index in [1.54, 1.807) is 0 Å². The first-order chi connectivity index (χ1) is 18.6. The largest absolute Gasteiger partial charge is 0.449 e. The van der Waals surface area contributed by atoms with Gasteiger partial charge >= 0.3 is 12.2 Å². The number of rotatable bonds is 9. The first-order valence-corrected chi connectivity index (χ1v) is 12.6. The van der Waals surface area contributed by atoms with Crippen LogP contribution in [0.15, 0.2) is 72.8 Å². The molecule has 0 aliphatic heterocycles. The lowest BCUT2D eigenvalue weighted by molar-refractivity contribution is -0.384. The number of nitrogens with zero attached hydrogens (tertiary/aromatic N) is 1. The predicted molar refractivity (Wildman–Crippen MR) is 145 cm³/mol. The zero-order valence-corrected chi connectivity index (χ0v) is 22.0. The van der Waals surface area contributed by atoms with Gasteiger partial charge in [0.15, 0.2) is 0 Å². The number of alkyl carbamates (subject to hydrolysis) is 1. The number of nitro groups is 1. The zero-order chi connectivity index (χ0) is 28.0. The molecule has 10 heteroatoms. The third-order valence-corrected chi connectivity index (χ3v) is 6.13. The molecule has 1 aliphatic rings. The van der Waals surface area contributed by atoms with Gasteiger partial charge in [0.1, 0.15) is 12.4 Å². The van der Waals surface area contributed by atoms with Gasteiger partial charge in [-0.1, -0.05) is 48.5 Å². The van der Waals surface area contributed by atoms with E-state index in [0.717, 1.165) is 22.3 Å². The van der Waals surface area contributed by atoms with Gasteiger partial charge in [-0.15, -0.1) is 0 Å². The van der Waals surface area contributed by atoms with Crippen LogP contribution in [0.3, 0.4) is 0 Å². The van der Waals surface area contributed by atoms with Crippen LogP contribution in [-0.2, 0) is 9.47 Å². The number of carbonyl (C=O) groups is 2. The van der Waals surface area contributed by atoms with Gasteiger partial charge in [-0.3, -0.25) is 10.1 Å². The van der Waals surface area contributed by atoms with Gasteiger partial charge in [-0.05, 0) is 55.2 Å². The van der Waals surface area contributed by atoms with E-state index < -0.39 is 28.8 Å². The number of benzene rings is 3. The van der Waals surface area contributed by atoms with Crippen LogP contribution in [0.5, 0.6) is 5.75 Å². The summed E-state index contributed by atoms with van der Waals surface area (Å²) < 4.78 is 16.6. The highest BCUT2D eigenvalue weighted by molar-refractivity contribution is 5.79. The highest BCUT2D eigenvalue weighted by Crippen LogP contribution is 2.44. The van der Waals surface area contributed by atoms with E-state index in [1.807, 2.05) is 57.2 Å². The predicted octanol–water partition coefficient (Wildman–Crippen LogP) is 5.41. The normalized spacial score (nSPS) is 13.1. The summed E-state index contributed by atoms with van der Waals surface area (Å²) in [7, 11) is 0. The minimum absolute atomic E-state index is 0.00604. The maximum atomic E-state index is 12.8. The first kappa shape index (κ1) is 27.6. The van der Waals surface area contributed by atoms with Crippen molar-refractivity contribution in [2.45, 2.75) is 38.3 Å². The average Bonchev–Trinajstić information content (AvgIpc) is 3.22. The molecule has 2 N–H and O–H groups in total. The second-order valence-corrected chi connectivity index (χ2v) is 10.1. The van der Waals surface area contributed by atoms with Gasteiger partial charge < -0.3 is 24.8 Å². The van der Waals surface area contributed by atoms with Crippen LogP contribution >= 0.6 is 0 Å². The fourth-order valence-corrected chi connectivity index (χ4v) is 4.29. The summed E-state index contributed by atoms with van der Waals surface area (Å²) in [4.78, 5) is 35.3. The topological polar surface area (TPSA) is 129 Å². The van der Waals surface area contributed by atoms with Crippen molar-refractivity contribution in [1.82, 2.24) is 10.6 Å². The highest BCUT2D eigenvalue weighted by atomic mass is 16.6. The van der Waals surface area contributed by atoms with Crippen molar-refractivity contribution >= 4 is 17.9 Å². The molecule has 3 aromatic carbocycles. The van der Waals surface area contributed by atoms with E-state index in [-0.39, 0.29) is 37.1 Å². The van der Waals surface area contributed by atoms with Crippen molar-refractivity contribution in [3.63, 3.8) is 0 Å². The Morgan fingerprint density at radius 3 is 2.08 bits per heavy atom. The quantitative estimate of drug-likeness (QED) is 0.278. The number of hydrogen-bond donors (Lipinski definition) is 2. The molecule has 2 amide bonds. The monoisotopic (exact) mass is 533 g/mol. The second-order valence-electron chi connectivity index (χ2n) is 10.1. The zero-order valence-electron chi connectivity index (χ0n) is 22.0. The van der Waals surface area contributed by atoms with Gasteiger partial charge in [0.05, 0.1) is 23.2 Å². The van der Waals surface area contributed by atoms with Crippen molar-refractivity contribution in [1.29, 1.82) is 0 Å². The van der Waals surface area contributed by atoms with Gasteiger partial charge in [0, 0.05) is 24.6 Å². The van der Waals surface area contributed by atoms with Crippen LogP contribution in [0.1, 0.15) is 37.8 Å². The number of nitro benzene ring substituents is 1. The Bertz CT molecular complexity index is 1290. The molecule has 0 saturated heterocycles. The minimum Gasteiger partial charge on any atom is -0.449 e. The second kappa shape index (κ2) is 12.0. The van der Waals surface area contributed by atoms with Gasteiger partial charge in [-0.2, -0.15) is 0 Å². The Morgan fingerprint density at radius 2 is 1.51 bits per heavy atom. The number of non-ortho nitro benzene ring substituents is 1. The van der Waals surface area contributed by atoms with Gasteiger partial charge in [0.25, 0.3) is 5.69 Å². The molecule has 0 unspecified atom stereocenters. The Hall–Kier alpha value is -4.44. The summed E-state index contributed by atoms with van der Waals surface area (Å²) in [6.07, 6.45) is -1.41. The van der Waals surface area contributed by atoms with Crippen LogP contribution in [0.25, 0.3) is 11.1 Å². The lowest BCUT2D eigenvalue weighted by Crippen LogP contribution is -2.48. The molecule has 1 aliphatic carbocycles. The van der Waals surface area contributed by atoms with Crippen molar-refractivity contribution in [2.24, 2.45) is 0 Å². The molecule has 4 rings (SSSR count). The molecule has 10 nitrogen and oxygen atoms in total. The maximum Gasteiger partial charge on any atom is 0.412 e. The molecule has 204 valence electrons. The van der Waals surface area contributed by atoms with Crippen molar-refractivity contribution in [2.75, 3.05) is 19.8 Å². The van der Waals surface area contributed by atoms with E-state index in [0.29, 0.717) is 0 Å². The lowest BCUT2D eigenvalue weighted by Gasteiger charge is -2.25. The van der Waals surface area contributed by atoms with E-state index in [4.69, 9.17) is 14.2 Å². The Morgan fingerprint density at radius 1 is 0.923 bits per heavy atom. The number of carbonyl (C=O) groups excluding carboxylic acids is 2. The minimum atomic E-state index is -0.779. The SMILES string of the molecule is CC(C)(C)OC[C@@H](CNC(=O)Oc1ccc([N+](=O)[O-])cc1)NC(=O)OCC1c2ccccc2-c2ccccc21.